The van der Waals surface area contributed by atoms with Gasteiger partial charge in [-0.05, 0) is 6.92 Å². The number of imide groups is 1. The number of carbonyl (C=O) groups excluding carboxylic acids is 2. The summed E-state index contributed by atoms with van der Waals surface area (Å²) in [5, 5.41) is 12.0. The van der Waals surface area contributed by atoms with Gasteiger partial charge in [-0.1, -0.05) is 0 Å². The molecule has 2 aliphatic heterocycles. The Morgan fingerprint density at radius 1 is 1.29 bits per heavy atom. The third kappa shape index (κ3) is 6.74. The van der Waals surface area contributed by atoms with Gasteiger partial charge in [-0.2, -0.15) is 4.31 Å². The van der Waals surface area contributed by atoms with E-state index < -0.39 is 78.0 Å². The lowest BCUT2D eigenvalue weighted by Crippen LogP contribution is -2.62. The van der Waals surface area contributed by atoms with Crippen LogP contribution in [0.2, 0.25) is 0 Å². The lowest BCUT2D eigenvalue weighted by Gasteiger charge is -2.37. The van der Waals surface area contributed by atoms with E-state index in [-0.39, 0.29) is 0 Å². The molecule has 0 saturated carbocycles. The van der Waals surface area contributed by atoms with Gasteiger partial charge < -0.3 is 29.4 Å². The molecule has 31 heavy (non-hydrogen) atoms. The summed E-state index contributed by atoms with van der Waals surface area (Å²) in [6.07, 6.45) is -7.02. The van der Waals surface area contributed by atoms with Crippen molar-refractivity contribution in [3.05, 3.63) is 0 Å². The molecule has 2 rings (SSSR count). The fourth-order valence-corrected chi connectivity index (χ4v) is 5.96. The maximum absolute atomic E-state index is 13.7. The summed E-state index contributed by atoms with van der Waals surface area (Å²) in [7, 11) is -17.2. The van der Waals surface area contributed by atoms with Gasteiger partial charge in [0.15, 0.2) is 12.4 Å². The Morgan fingerprint density at radius 2 is 1.87 bits per heavy atom. The van der Waals surface area contributed by atoms with E-state index in [1.54, 1.807) is 5.32 Å². The molecule has 2 aliphatic rings. The van der Waals surface area contributed by atoms with Crippen LogP contribution < -0.4 is 10.2 Å². The molecule has 4 unspecified atom stereocenters. The molecule has 2 heterocycles. The van der Waals surface area contributed by atoms with Gasteiger partial charge in [-0.25, -0.2) is 22.6 Å². The number of aliphatic hydroxyl groups excluding tert-OH is 1. The third-order valence-corrected chi connectivity index (χ3v) is 8.13. The van der Waals surface area contributed by atoms with E-state index in [0.717, 1.165) is 0 Å². The highest BCUT2D eigenvalue weighted by molar-refractivity contribution is 7.66. The van der Waals surface area contributed by atoms with E-state index in [9.17, 15) is 42.6 Å². The summed E-state index contributed by atoms with van der Waals surface area (Å²) >= 11 is 6.17. The highest BCUT2D eigenvalue weighted by Crippen LogP contribution is 2.65. The molecular weight excluding hydrogens is 519 g/mol. The highest BCUT2D eigenvalue weighted by atomic mass is 35.5. The van der Waals surface area contributed by atoms with Gasteiger partial charge in [-0.3, -0.25) is 24.1 Å². The first-order valence-electron chi connectivity index (χ1n) is 7.89. The Labute approximate surface area is 177 Å². The molecule has 0 aromatic rings. The van der Waals surface area contributed by atoms with Crippen molar-refractivity contribution in [1.82, 2.24) is 10.2 Å². The Balaban J connectivity index is 2.07. The van der Waals surface area contributed by atoms with Gasteiger partial charge in [0, 0.05) is 0 Å². The summed E-state index contributed by atoms with van der Waals surface area (Å²) in [5.41, 5.74) is 0. The minimum atomic E-state index is -5.84. The molecule has 21 heteroatoms. The second-order valence-corrected chi connectivity index (χ2v) is 11.6. The molecular formula is C10H16ClFN2O14P3-. The monoisotopic (exact) mass is 535 g/mol. The van der Waals surface area contributed by atoms with Crippen LogP contribution in [0.25, 0.3) is 0 Å². The van der Waals surface area contributed by atoms with E-state index in [2.05, 4.69) is 13.1 Å². The zero-order valence-electron chi connectivity index (χ0n) is 15.1. The third-order valence-electron chi connectivity index (χ3n) is 3.95. The average Bonchev–Trinajstić information content (AvgIpc) is 2.76. The van der Waals surface area contributed by atoms with E-state index >= 15 is 0 Å². The first-order chi connectivity index (χ1) is 13.8. The normalized spacial score (nSPS) is 37.6. The van der Waals surface area contributed by atoms with Crippen LogP contribution in [0.1, 0.15) is 6.92 Å². The number of rotatable bonds is 8. The van der Waals surface area contributed by atoms with Crippen LogP contribution in [-0.2, 0) is 36.4 Å². The number of nitrogens with zero attached hydrogens (tertiary/aromatic N) is 1. The zero-order chi connectivity index (χ0) is 24.0. The second kappa shape index (κ2) is 9.03. The van der Waals surface area contributed by atoms with Crippen molar-refractivity contribution in [3.63, 3.8) is 0 Å². The lowest BCUT2D eigenvalue weighted by atomic mass is 10.00. The average molecular weight is 536 g/mol. The maximum atomic E-state index is 13.7. The molecule has 0 aromatic carbocycles. The molecule has 0 bridgehead atoms. The van der Waals surface area contributed by atoms with E-state index in [0.29, 0.717) is 4.90 Å². The first-order valence-corrected chi connectivity index (χ1v) is 12.8. The number of phosphoric acid groups is 3. The number of urea groups is 1. The fraction of sp³-hybridized carbons (Fsp3) is 0.800. The number of hydrogen-bond acceptors (Lipinski definition) is 11. The minimum absolute atomic E-state index is 0.653. The van der Waals surface area contributed by atoms with Crippen molar-refractivity contribution in [1.29, 1.82) is 0 Å². The number of hydrogen-bond donors (Lipinski definition) is 5. The van der Waals surface area contributed by atoms with Gasteiger partial charge in [0.2, 0.25) is 0 Å². The van der Waals surface area contributed by atoms with Crippen LogP contribution in [-0.4, -0.2) is 79.3 Å². The molecule has 0 radical (unpaired) electrons. The predicted molar refractivity (Wildman–Crippen MR) is 91.7 cm³/mol. The number of halogens is 2. The van der Waals surface area contributed by atoms with Crippen molar-refractivity contribution in [2.45, 2.75) is 36.4 Å². The highest BCUT2D eigenvalue weighted by Gasteiger charge is 2.57. The van der Waals surface area contributed by atoms with Gasteiger partial charge in [0.25, 0.3) is 13.7 Å². The Hall–Kier alpha value is -0.510. The van der Waals surface area contributed by atoms with Crippen LogP contribution in [0.15, 0.2) is 0 Å². The zero-order valence-corrected chi connectivity index (χ0v) is 18.6. The molecule has 5 N–H and O–H groups in total. The predicted octanol–water partition coefficient (Wildman–Crippen LogP) is -1.33. The smallest absolute Gasteiger partial charge is 0.487 e. The largest absolute Gasteiger partial charge is 0.756 e. The SMILES string of the molecule is C[C@@]1(Cl)[C@H](O)[C@@H](COP(=O)(O)OP(=O)(O)OP(=O)([O-])O)O[C@H]1N1CC(F)C(=O)NC1=O. The van der Waals surface area contributed by atoms with Crippen LogP contribution in [0.3, 0.4) is 0 Å². The number of carbonyl (C=O) groups is 2. The molecule has 2 saturated heterocycles. The van der Waals surface area contributed by atoms with Crippen molar-refractivity contribution in [2.24, 2.45) is 0 Å². The summed E-state index contributed by atoms with van der Waals surface area (Å²) in [6, 6.07) is -1.09. The Morgan fingerprint density at radius 3 is 2.42 bits per heavy atom. The topological polar surface area (TPSA) is 242 Å². The molecule has 0 spiro atoms. The van der Waals surface area contributed by atoms with Gasteiger partial charge in [0.1, 0.15) is 17.1 Å². The number of amides is 3. The van der Waals surface area contributed by atoms with Crippen molar-refractivity contribution in [3.8, 4) is 0 Å². The number of alkyl halides is 2. The quantitative estimate of drug-likeness (QED) is 0.179. The molecule has 0 aromatic heterocycles. The van der Waals surface area contributed by atoms with Crippen LogP contribution in [0.4, 0.5) is 9.18 Å². The number of phosphoric ester groups is 1. The summed E-state index contributed by atoms with van der Waals surface area (Å²) in [6.45, 7) is -0.686. The summed E-state index contributed by atoms with van der Waals surface area (Å²) in [4.78, 5) is 59.3. The van der Waals surface area contributed by atoms with Crippen LogP contribution >= 0.6 is 35.1 Å². The van der Waals surface area contributed by atoms with Crippen molar-refractivity contribution >= 4 is 47.0 Å². The number of ether oxygens (including phenoxy) is 1. The lowest BCUT2D eigenvalue weighted by molar-refractivity contribution is -0.212. The van der Waals surface area contributed by atoms with Gasteiger partial charge in [0.05, 0.1) is 13.2 Å². The first kappa shape index (κ1) is 26.7. The van der Waals surface area contributed by atoms with E-state index in [1.807, 2.05) is 0 Å². The van der Waals surface area contributed by atoms with Crippen molar-refractivity contribution in [2.75, 3.05) is 13.2 Å². The molecule has 0 aliphatic carbocycles. The van der Waals surface area contributed by atoms with Gasteiger partial charge in [-0.15, -0.1) is 11.6 Å². The van der Waals surface area contributed by atoms with Gasteiger partial charge >= 0.3 is 21.7 Å². The number of aliphatic hydroxyl groups is 1. The Bertz CT molecular complexity index is 882. The molecule has 3 amide bonds. The molecule has 16 nitrogen and oxygen atoms in total. The molecule has 8 atom stereocenters. The second-order valence-electron chi connectivity index (χ2n) is 6.40. The Kier molecular flexibility index (Phi) is 7.79. The standard InChI is InChI=1S/C10H17ClFN2O14P3/c1-10(11)6(15)5(26-8(10)14-2-4(12)7(16)13-9(14)17)3-25-30(21,22)28-31(23,24)27-29(18,19)20/h4-6,8,15H,2-3H2,1H3,(H,21,22)(H,23,24)(H,13,16,17)(H2,18,19,20)/p-1/t4?,5-,6-,8-,10-/m1/s1. The van der Waals surface area contributed by atoms with Crippen LogP contribution in [0.5, 0.6) is 0 Å². The van der Waals surface area contributed by atoms with Crippen LogP contribution in [0, 0.1) is 0 Å². The number of nitrogens with one attached hydrogen (secondary N) is 1. The minimum Gasteiger partial charge on any atom is -0.756 e. The summed E-state index contributed by atoms with van der Waals surface area (Å²) in [5.74, 6) is -1.20. The maximum Gasteiger partial charge on any atom is 0.487 e. The summed E-state index contributed by atoms with van der Waals surface area (Å²) < 4.78 is 63.7. The fourth-order valence-electron chi connectivity index (χ4n) is 2.65. The molecule has 180 valence electrons. The van der Waals surface area contributed by atoms with E-state index in [4.69, 9.17) is 26.1 Å². The van der Waals surface area contributed by atoms with E-state index in [1.165, 1.54) is 6.92 Å². The molecule has 2 fully saturated rings. The van der Waals surface area contributed by atoms with Crippen molar-refractivity contribution < 1.29 is 70.2 Å².